The van der Waals surface area contributed by atoms with Crippen LogP contribution in [0.2, 0.25) is 0 Å². The fourth-order valence-electron chi connectivity index (χ4n) is 2.02. The number of carbonyl (C=O) groups excluding carboxylic acids is 1. The number of methoxy groups -OCH3 is 2. The first-order valence-corrected chi connectivity index (χ1v) is 5.49. The summed E-state index contributed by atoms with van der Waals surface area (Å²) in [4.78, 5) is 15.9. The van der Waals surface area contributed by atoms with E-state index >= 15 is 0 Å². The van der Waals surface area contributed by atoms with Gasteiger partial charge in [0.15, 0.2) is 0 Å². The maximum Gasteiger partial charge on any atom is 0.323 e. The third-order valence-corrected chi connectivity index (χ3v) is 3.28. The molecule has 1 aromatic rings. The van der Waals surface area contributed by atoms with Crippen LogP contribution in [-0.2, 0) is 14.9 Å². The highest BCUT2D eigenvalue weighted by molar-refractivity contribution is 5.78. The second-order valence-electron chi connectivity index (χ2n) is 4.22. The van der Waals surface area contributed by atoms with Gasteiger partial charge in [0.05, 0.1) is 19.9 Å². The number of pyridine rings is 1. The van der Waals surface area contributed by atoms with Crippen LogP contribution in [-0.4, -0.2) is 31.2 Å². The van der Waals surface area contributed by atoms with Gasteiger partial charge in [0.1, 0.15) is 6.04 Å². The molecule has 1 heterocycles. The Labute approximate surface area is 99.9 Å². The summed E-state index contributed by atoms with van der Waals surface area (Å²) < 4.78 is 9.77. The lowest BCUT2D eigenvalue weighted by Gasteiger charge is -2.20. The fraction of sp³-hybridized carbons (Fsp3) is 0.500. The van der Waals surface area contributed by atoms with Crippen LogP contribution in [0.15, 0.2) is 18.2 Å². The highest BCUT2D eigenvalue weighted by atomic mass is 16.5. The molecule has 2 N–H and O–H groups in total. The third-order valence-electron chi connectivity index (χ3n) is 3.28. The van der Waals surface area contributed by atoms with Crippen LogP contribution in [0.3, 0.4) is 0 Å². The number of esters is 1. The first-order chi connectivity index (χ1) is 8.14. The van der Waals surface area contributed by atoms with Gasteiger partial charge in [0.25, 0.3) is 0 Å². The van der Waals surface area contributed by atoms with Crippen molar-refractivity contribution in [2.75, 3.05) is 14.2 Å². The van der Waals surface area contributed by atoms with E-state index < -0.39 is 12.0 Å². The molecule has 1 saturated carbocycles. The molecule has 0 saturated heterocycles. The van der Waals surface area contributed by atoms with Gasteiger partial charge in [-0.15, -0.1) is 0 Å². The molecule has 0 amide bonds. The number of aromatic nitrogens is 1. The van der Waals surface area contributed by atoms with Gasteiger partial charge in [0.2, 0.25) is 5.88 Å². The Bertz CT molecular complexity index is 430. The Balaban J connectivity index is 2.29. The van der Waals surface area contributed by atoms with E-state index in [1.165, 1.54) is 7.11 Å². The van der Waals surface area contributed by atoms with Crippen LogP contribution in [0.4, 0.5) is 0 Å². The fourth-order valence-corrected chi connectivity index (χ4v) is 2.02. The van der Waals surface area contributed by atoms with Crippen LogP contribution < -0.4 is 10.5 Å². The highest BCUT2D eigenvalue weighted by Crippen LogP contribution is 2.50. The predicted molar refractivity (Wildman–Crippen MR) is 61.7 cm³/mol. The average Bonchev–Trinajstić information content (AvgIpc) is 3.18. The SMILES string of the molecule is COC(=O)C(N)C1(c2cccc(OC)n2)CC1. The van der Waals surface area contributed by atoms with E-state index in [9.17, 15) is 4.79 Å². The maximum absolute atomic E-state index is 11.5. The summed E-state index contributed by atoms with van der Waals surface area (Å²) in [5.74, 6) is 0.137. The number of nitrogens with two attached hydrogens (primary N) is 1. The van der Waals surface area contributed by atoms with Crippen molar-refractivity contribution in [2.45, 2.75) is 24.3 Å². The zero-order chi connectivity index (χ0) is 12.5. The van der Waals surface area contributed by atoms with Crippen molar-refractivity contribution in [3.63, 3.8) is 0 Å². The Kier molecular flexibility index (Phi) is 3.02. The van der Waals surface area contributed by atoms with E-state index in [-0.39, 0.29) is 5.41 Å². The minimum atomic E-state index is -0.660. The van der Waals surface area contributed by atoms with Crippen molar-refractivity contribution >= 4 is 5.97 Å². The number of carbonyl (C=O) groups is 1. The van der Waals surface area contributed by atoms with Crippen molar-refractivity contribution in [1.29, 1.82) is 0 Å². The molecular weight excluding hydrogens is 220 g/mol. The molecule has 1 aliphatic rings. The molecule has 1 atom stereocenters. The van der Waals surface area contributed by atoms with Crippen LogP contribution in [0.5, 0.6) is 5.88 Å². The molecule has 5 nitrogen and oxygen atoms in total. The topological polar surface area (TPSA) is 74.4 Å². The van der Waals surface area contributed by atoms with Gasteiger partial charge < -0.3 is 15.2 Å². The van der Waals surface area contributed by atoms with Crippen LogP contribution >= 0.6 is 0 Å². The zero-order valence-corrected chi connectivity index (χ0v) is 9.97. The van der Waals surface area contributed by atoms with Gasteiger partial charge >= 0.3 is 5.97 Å². The molecule has 0 bridgehead atoms. The molecular formula is C12H16N2O3. The van der Waals surface area contributed by atoms with Gasteiger partial charge in [-0.1, -0.05) is 6.07 Å². The quantitative estimate of drug-likeness (QED) is 0.776. The van der Waals surface area contributed by atoms with E-state index in [1.807, 2.05) is 12.1 Å². The van der Waals surface area contributed by atoms with Crippen molar-refractivity contribution in [2.24, 2.45) is 5.73 Å². The van der Waals surface area contributed by atoms with Crippen molar-refractivity contribution in [3.8, 4) is 5.88 Å². The molecule has 17 heavy (non-hydrogen) atoms. The van der Waals surface area contributed by atoms with Gasteiger partial charge in [0, 0.05) is 11.5 Å². The van der Waals surface area contributed by atoms with Crippen LogP contribution in [0, 0.1) is 0 Å². The smallest absolute Gasteiger partial charge is 0.323 e. The Morgan fingerprint density at radius 1 is 1.47 bits per heavy atom. The molecule has 1 fully saturated rings. The molecule has 1 aliphatic carbocycles. The number of ether oxygens (including phenoxy) is 2. The van der Waals surface area contributed by atoms with Crippen molar-refractivity contribution < 1.29 is 14.3 Å². The number of hydrogen-bond donors (Lipinski definition) is 1. The standard InChI is InChI=1S/C12H16N2O3/c1-16-9-5-3-4-8(14-9)12(6-7-12)10(13)11(15)17-2/h3-5,10H,6-7,13H2,1-2H3. The Morgan fingerprint density at radius 3 is 2.71 bits per heavy atom. The molecule has 5 heteroatoms. The normalized spacial score (nSPS) is 18.3. The van der Waals surface area contributed by atoms with Gasteiger partial charge in [-0.3, -0.25) is 4.79 Å². The second-order valence-corrected chi connectivity index (χ2v) is 4.22. The number of nitrogens with zero attached hydrogens (tertiary/aromatic N) is 1. The van der Waals surface area contributed by atoms with Crippen LogP contribution in [0.1, 0.15) is 18.5 Å². The van der Waals surface area contributed by atoms with Crippen LogP contribution in [0.25, 0.3) is 0 Å². The summed E-state index contributed by atoms with van der Waals surface area (Å²) in [6, 6.07) is 4.83. The lowest BCUT2D eigenvalue weighted by molar-refractivity contribution is -0.143. The number of hydrogen-bond acceptors (Lipinski definition) is 5. The minimum absolute atomic E-state index is 0.373. The van der Waals surface area contributed by atoms with E-state index in [0.717, 1.165) is 18.5 Å². The summed E-state index contributed by atoms with van der Waals surface area (Å²) in [5.41, 5.74) is 6.36. The molecule has 0 spiro atoms. The highest BCUT2D eigenvalue weighted by Gasteiger charge is 2.54. The summed E-state index contributed by atoms with van der Waals surface area (Å²) in [6.45, 7) is 0. The minimum Gasteiger partial charge on any atom is -0.481 e. The monoisotopic (exact) mass is 236 g/mol. The van der Waals surface area contributed by atoms with Crippen molar-refractivity contribution in [3.05, 3.63) is 23.9 Å². The maximum atomic E-state index is 11.5. The molecule has 92 valence electrons. The van der Waals surface area contributed by atoms with E-state index in [4.69, 9.17) is 15.2 Å². The first-order valence-electron chi connectivity index (χ1n) is 5.49. The summed E-state index contributed by atoms with van der Waals surface area (Å²) >= 11 is 0. The molecule has 1 unspecified atom stereocenters. The number of rotatable bonds is 4. The Morgan fingerprint density at radius 2 is 2.18 bits per heavy atom. The second kappa shape index (κ2) is 4.33. The van der Waals surface area contributed by atoms with E-state index in [0.29, 0.717) is 5.88 Å². The van der Waals surface area contributed by atoms with Crippen molar-refractivity contribution in [1.82, 2.24) is 4.98 Å². The molecule has 0 aromatic carbocycles. The largest absolute Gasteiger partial charge is 0.481 e. The van der Waals surface area contributed by atoms with E-state index in [1.54, 1.807) is 13.2 Å². The Hall–Kier alpha value is -1.62. The summed E-state index contributed by atoms with van der Waals surface area (Å²) in [7, 11) is 2.91. The molecule has 1 aromatic heterocycles. The first kappa shape index (κ1) is 11.9. The summed E-state index contributed by atoms with van der Waals surface area (Å²) in [6.07, 6.45) is 1.70. The van der Waals surface area contributed by atoms with E-state index in [2.05, 4.69) is 4.98 Å². The predicted octanol–water partition coefficient (Wildman–Crippen LogP) is 0.622. The average molecular weight is 236 g/mol. The molecule has 0 aliphatic heterocycles. The molecule has 0 radical (unpaired) electrons. The third kappa shape index (κ3) is 1.98. The van der Waals surface area contributed by atoms with Gasteiger partial charge in [-0.05, 0) is 18.9 Å². The summed E-state index contributed by atoms with van der Waals surface area (Å²) in [5, 5.41) is 0. The van der Waals surface area contributed by atoms with Gasteiger partial charge in [-0.2, -0.15) is 0 Å². The lowest BCUT2D eigenvalue weighted by atomic mass is 9.92. The van der Waals surface area contributed by atoms with Gasteiger partial charge in [-0.25, -0.2) is 4.98 Å². The lowest BCUT2D eigenvalue weighted by Crippen LogP contribution is -2.43. The zero-order valence-electron chi connectivity index (χ0n) is 9.97. The molecule has 2 rings (SSSR count).